The van der Waals surface area contributed by atoms with E-state index in [2.05, 4.69) is 10.3 Å². The highest BCUT2D eigenvalue weighted by atomic mass is 16.7. The van der Waals surface area contributed by atoms with Crippen LogP contribution in [0.15, 0.2) is 48.7 Å². The topological polar surface area (TPSA) is 60.5 Å². The van der Waals surface area contributed by atoms with Crippen molar-refractivity contribution >= 4 is 22.4 Å². The molecule has 114 valence electrons. The minimum atomic E-state index is -0.250. The summed E-state index contributed by atoms with van der Waals surface area (Å²) in [7, 11) is 0. The molecule has 0 fully saturated rings. The Balaban J connectivity index is 1.69. The molecule has 0 aliphatic carbocycles. The summed E-state index contributed by atoms with van der Waals surface area (Å²) >= 11 is 0. The number of benzene rings is 2. The van der Waals surface area contributed by atoms with Crippen LogP contribution < -0.4 is 14.8 Å². The second kappa shape index (κ2) is 5.28. The molecule has 0 spiro atoms. The van der Waals surface area contributed by atoms with E-state index in [1.807, 2.05) is 31.2 Å². The third kappa shape index (κ3) is 2.36. The van der Waals surface area contributed by atoms with Gasteiger partial charge < -0.3 is 14.8 Å². The van der Waals surface area contributed by atoms with Crippen molar-refractivity contribution in [3.63, 3.8) is 0 Å². The van der Waals surface area contributed by atoms with Crippen LogP contribution in [0.1, 0.15) is 16.1 Å². The third-order valence-electron chi connectivity index (χ3n) is 3.84. The van der Waals surface area contributed by atoms with Crippen molar-refractivity contribution in [2.75, 3.05) is 12.1 Å². The number of rotatable bonds is 2. The number of anilines is 1. The van der Waals surface area contributed by atoms with Gasteiger partial charge in [-0.25, -0.2) is 0 Å². The highest BCUT2D eigenvalue weighted by Crippen LogP contribution is 2.34. The number of hydrogen-bond donors (Lipinski definition) is 1. The number of nitrogens with zero attached hydrogens (tertiary/aromatic N) is 1. The van der Waals surface area contributed by atoms with Gasteiger partial charge in [-0.1, -0.05) is 24.3 Å². The van der Waals surface area contributed by atoms with Crippen LogP contribution in [0.5, 0.6) is 11.5 Å². The first kappa shape index (κ1) is 13.6. The van der Waals surface area contributed by atoms with E-state index in [-0.39, 0.29) is 12.7 Å². The molecule has 2 heterocycles. The maximum Gasteiger partial charge on any atom is 0.274 e. The number of carbonyl (C=O) groups is 1. The normalized spacial score (nSPS) is 12.4. The zero-order valence-electron chi connectivity index (χ0n) is 12.5. The molecule has 0 atom stereocenters. The molecule has 0 saturated heterocycles. The summed E-state index contributed by atoms with van der Waals surface area (Å²) in [5.74, 6) is 1.06. The Morgan fingerprint density at radius 1 is 1.09 bits per heavy atom. The van der Waals surface area contributed by atoms with Crippen molar-refractivity contribution < 1.29 is 14.3 Å². The summed E-state index contributed by atoms with van der Waals surface area (Å²) < 4.78 is 10.6. The smallest absolute Gasteiger partial charge is 0.274 e. The van der Waals surface area contributed by atoms with Crippen LogP contribution in [-0.4, -0.2) is 17.7 Å². The molecule has 1 N–H and O–H groups in total. The minimum Gasteiger partial charge on any atom is -0.454 e. The molecule has 4 rings (SSSR count). The molecular formula is C18H14N2O3. The van der Waals surface area contributed by atoms with Crippen molar-refractivity contribution in [3.8, 4) is 11.5 Å². The van der Waals surface area contributed by atoms with Crippen LogP contribution in [0.25, 0.3) is 10.8 Å². The number of ether oxygens (including phenoxy) is 2. The van der Waals surface area contributed by atoms with Crippen LogP contribution in [0.4, 0.5) is 5.69 Å². The third-order valence-corrected chi connectivity index (χ3v) is 3.84. The highest BCUT2D eigenvalue weighted by Gasteiger charge is 2.16. The SMILES string of the molecule is Cc1cnc(C(=O)Nc2ccc3c(c2)OCO3)c2ccccc12. The Bertz CT molecular complexity index is 921. The first-order chi connectivity index (χ1) is 11.2. The number of fused-ring (bicyclic) bond motifs is 2. The number of nitrogens with one attached hydrogen (secondary N) is 1. The zero-order valence-corrected chi connectivity index (χ0v) is 12.5. The zero-order chi connectivity index (χ0) is 15.8. The van der Waals surface area contributed by atoms with Crippen molar-refractivity contribution in [3.05, 3.63) is 59.9 Å². The van der Waals surface area contributed by atoms with E-state index in [9.17, 15) is 4.79 Å². The van der Waals surface area contributed by atoms with E-state index in [1.165, 1.54) is 0 Å². The molecule has 23 heavy (non-hydrogen) atoms. The van der Waals surface area contributed by atoms with Gasteiger partial charge in [-0.15, -0.1) is 0 Å². The molecule has 3 aromatic rings. The Hall–Kier alpha value is -3.08. The van der Waals surface area contributed by atoms with E-state index < -0.39 is 0 Å². The van der Waals surface area contributed by atoms with E-state index in [0.29, 0.717) is 22.9 Å². The fourth-order valence-corrected chi connectivity index (χ4v) is 2.68. The van der Waals surface area contributed by atoms with Crippen LogP contribution in [-0.2, 0) is 0 Å². The molecule has 0 radical (unpaired) electrons. The Kier molecular flexibility index (Phi) is 3.12. The van der Waals surface area contributed by atoms with E-state index >= 15 is 0 Å². The van der Waals surface area contributed by atoms with Gasteiger partial charge in [0.15, 0.2) is 11.5 Å². The van der Waals surface area contributed by atoms with Crippen LogP contribution >= 0.6 is 0 Å². The summed E-state index contributed by atoms with van der Waals surface area (Å²) in [4.78, 5) is 16.9. The molecule has 1 aromatic heterocycles. The first-order valence-corrected chi connectivity index (χ1v) is 7.28. The predicted molar refractivity (Wildman–Crippen MR) is 87.0 cm³/mol. The maximum absolute atomic E-state index is 12.6. The number of aryl methyl sites for hydroxylation is 1. The monoisotopic (exact) mass is 306 g/mol. The minimum absolute atomic E-state index is 0.205. The van der Waals surface area contributed by atoms with Gasteiger partial charge in [0, 0.05) is 23.3 Å². The van der Waals surface area contributed by atoms with Gasteiger partial charge in [0.25, 0.3) is 5.91 Å². The van der Waals surface area contributed by atoms with E-state index in [0.717, 1.165) is 16.3 Å². The number of pyridine rings is 1. The van der Waals surface area contributed by atoms with Crippen LogP contribution in [0, 0.1) is 6.92 Å². The van der Waals surface area contributed by atoms with Crippen molar-refractivity contribution in [1.29, 1.82) is 0 Å². The van der Waals surface area contributed by atoms with Gasteiger partial charge in [0.1, 0.15) is 5.69 Å². The van der Waals surface area contributed by atoms with E-state index in [4.69, 9.17) is 9.47 Å². The summed E-state index contributed by atoms with van der Waals surface area (Å²) in [5, 5.41) is 4.73. The largest absolute Gasteiger partial charge is 0.454 e. The van der Waals surface area contributed by atoms with Gasteiger partial charge in [-0.3, -0.25) is 9.78 Å². The second-order valence-corrected chi connectivity index (χ2v) is 5.36. The van der Waals surface area contributed by atoms with Crippen LogP contribution in [0.2, 0.25) is 0 Å². The molecular weight excluding hydrogens is 292 g/mol. The predicted octanol–water partition coefficient (Wildman–Crippen LogP) is 3.52. The fraction of sp³-hybridized carbons (Fsp3) is 0.111. The summed E-state index contributed by atoms with van der Waals surface area (Å²) in [6.07, 6.45) is 1.72. The van der Waals surface area contributed by atoms with Crippen molar-refractivity contribution in [2.45, 2.75) is 6.92 Å². The van der Waals surface area contributed by atoms with E-state index in [1.54, 1.807) is 24.4 Å². The number of amides is 1. The molecule has 0 bridgehead atoms. The molecule has 1 aliphatic rings. The van der Waals surface area contributed by atoms with Gasteiger partial charge in [0.05, 0.1) is 0 Å². The average Bonchev–Trinajstić information content (AvgIpc) is 3.03. The summed E-state index contributed by atoms with van der Waals surface area (Å²) in [6, 6.07) is 13.1. The van der Waals surface area contributed by atoms with Crippen molar-refractivity contribution in [1.82, 2.24) is 4.98 Å². The lowest BCUT2D eigenvalue weighted by Gasteiger charge is -2.09. The standard InChI is InChI=1S/C18H14N2O3/c1-11-9-19-17(14-5-3-2-4-13(11)14)18(21)20-12-6-7-15-16(8-12)23-10-22-15/h2-9H,10H2,1H3,(H,20,21). The molecule has 1 amide bonds. The van der Waals surface area contributed by atoms with Gasteiger partial charge in [0.2, 0.25) is 6.79 Å². The van der Waals surface area contributed by atoms with Gasteiger partial charge >= 0.3 is 0 Å². The number of hydrogen-bond acceptors (Lipinski definition) is 4. The molecule has 0 saturated carbocycles. The molecule has 5 nitrogen and oxygen atoms in total. The number of carbonyl (C=O) groups excluding carboxylic acids is 1. The molecule has 1 aliphatic heterocycles. The van der Waals surface area contributed by atoms with Gasteiger partial charge in [-0.2, -0.15) is 0 Å². The van der Waals surface area contributed by atoms with Crippen LogP contribution in [0.3, 0.4) is 0 Å². The molecule has 0 unspecified atom stereocenters. The fourth-order valence-electron chi connectivity index (χ4n) is 2.68. The average molecular weight is 306 g/mol. The quantitative estimate of drug-likeness (QED) is 0.787. The summed E-state index contributed by atoms with van der Waals surface area (Å²) in [6.45, 7) is 2.19. The molecule has 5 heteroatoms. The highest BCUT2D eigenvalue weighted by molar-refractivity contribution is 6.11. The lowest BCUT2D eigenvalue weighted by molar-refractivity contribution is 0.102. The van der Waals surface area contributed by atoms with Gasteiger partial charge in [-0.05, 0) is 30.0 Å². The maximum atomic E-state index is 12.6. The lowest BCUT2D eigenvalue weighted by atomic mass is 10.1. The second-order valence-electron chi connectivity index (χ2n) is 5.36. The Labute approximate surface area is 132 Å². The van der Waals surface area contributed by atoms with Crippen molar-refractivity contribution in [2.24, 2.45) is 0 Å². The summed E-state index contributed by atoms with van der Waals surface area (Å²) in [5.41, 5.74) is 2.09. The first-order valence-electron chi connectivity index (χ1n) is 7.28. The number of aromatic nitrogens is 1. The Morgan fingerprint density at radius 2 is 1.87 bits per heavy atom. The Morgan fingerprint density at radius 3 is 2.74 bits per heavy atom. The molecule has 2 aromatic carbocycles. The lowest BCUT2D eigenvalue weighted by Crippen LogP contribution is -2.14.